The van der Waals surface area contributed by atoms with E-state index in [0.29, 0.717) is 38.3 Å². The van der Waals surface area contributed by atoms with Crippen molar-refractivity contribution in [2.75, 3.05) is 31.1 Å². The van der Waals surface area contributed by atoms with Crippen LogP contribution in [0.5, 0.6) is 0 Å². The number of anilines is 1. The number of carbonyl (C=O) groups is 4. The van der Waals surface area contributed by atoms with Crippen molar-refractivity contribution in [3.63, 3.8) is 0 Å². The second-order valence-electron chi connectivity index (χ2n) is 12.6. The number of amides is 4. The van der Waals surface area contributed by atoms with Crippen molar-refractivity contribution >= 4 is 29.5 Å². The number of imide groups is 1. The van der Waals surface area contributed by atoms with Gasteiger partial charge in [-0.15, -0.1) is 0 Å². The number of nitrogens with zero attached hydrogens (tertiary/aromatic N) is 3. The summed E-state index contributed by atoms with van der Waals surface area (Å²) in [6.45, 7) is 7.23. The third kappa shape index (κ3) is 5.78. The second kappa shape index (κ2) is 10.6. The smallest absolute Gasteiger partial charge is 0.410 e. The summed E-state index contributed by atoms with van der Waals surface area (Å²) in [5.74, 6) is -1.60. The van der Waals surface area contributed by atoms with Gasteiger partial charge in [-0.2, -0.15) is 0 Å². The van der Waals surface area contributed by atoms with Gasteiger partial charge in [0.05, 0.1) is 12.2 Å². The number of likely N-dealkylation sites (tertiary alicyclic amines) is 1. The van der Waals surface area contributed by atoms with Gasteiger partial charge in [-0.3, -0.25) is 19.7 Å². The molecule has 0 saturated carbocycles. The zero-order valence-corrected chi connectivity index (χ0v) is 23.4. The van der Waals surface area contributed by atoms with Gasteiger partial charge in [0.1, 0.15) is 17.3 Å². The number of carbonyl (C=O) groups excluding carboxylic acids is 4. The molecule has 218 valence electrons. The number of halogens is 2. The van der Waals surface area contributed by atoms with Gasteiger partial charge in [0.2, 0.25) is 11.8 Å². The van der Waals surface area contributed by atoms with Crippen molar-refractivity contribution in [3.8, 4) is 0 Å². The molecule has 4 aliphatic heterocycles. The van der Waals surface area contributed by atoms with Gasteiger partial charge >= 0.3 is 6.09 Å². The van der Waals surface area contributed by atoms with Gasteiger partial charge in [0.25, 0.3) is 5.91 Å². The summed E-state index contributed by atoms with van der Waals surface area (Å²) in [7, 11) is 0. The molecule has 0 bridgehead atoms. The highest BCUT2D eigenvalue weighted by Gasteiger charge is 2.42. The number of benzene rings is 1. The molecule has 1 unspecified atom stereocenters. The first-order chi connectivity index (χ1) is 18.8. The first-order valence-corrected chi connectivity index (χ1v) is 14.2. The van der Waals surface area contributed by atoms with Crippen LogP contribution in [0.25, 0.3) is 0 Å². The maximum absolute atomic E-state index is 15.7. The lowest BCUT2D eigenvalue weighted by Gasteiger charge is -2.41. The lowest BCUT2D eigenvalue weighted by atomic mass is 9.80. The molecule has 1 N–H and O–H groups in total. The zero-order chi connectivity index (χ0) is 28.8. The third-order valence-electron chi connectivity index (χ3n) is 8.55. The van der Waals surface area contributed by atoms with E-state index in [2.05, 4.69) is 5.32 Å². The van der Waals surface area contributed by atoms with E-state index in [1.54, 1.807) is 17.0 Å². The number of nitrogens with one attached hydrogen (secondary N) is 1. The van der Waals surface area contributed by atoms with Crippen LogP contribution in [0, 0.1) is 11.7 Å². The fourth-order valence-electron chi connectivity index (χ4n) is 6.35. The fourth-order valence-corrected chi connectivity index (χ4v) is 6.35. The highest BCUT2D eigenvalue weighted by Crippen LogP contribution is 2.39. The number of alkyl halides is 1. The van der Waals surface area contributed by atoms with Crippen LogP contribution in [0.4, 0.5) is 19.3 Å². The van der Waals surface area contributed by atoms with Crippen molar-refractivity contribution in [2.45, 2.75) is 89.6 Å². The molecule has 11 heteroatoms. The first kappa shape index (κ1) is 28.3. The summed E-state index contributed by atoms with van der Waals surface area (Å²) >= 11 is 0. The molecule has 1 aromatic carbocycles. The summed E-state index contributed by atoms with van der Waals surface area (Å²) in [6, 6.07) is 2.44. The van der Waals surface area contributed by atoms with E-state index < -0.39 is 41.0 Å². The summed E-state index contributed by atoms with van der Waals surface area (Å²) in [4.78, 5) is 54.0. The van der Waals surface area contributed by atoms with E-state index in [1.165, 1.54) is 4.90 Å². The normalized spacial score (nSPS) is 23.8. The van der Waals surface area contributed by atoms with E-state index in [0.717, 1.165) is 12.8 Å². The third-order valence-corrected chi connectivity index (χ3v) is 8.55. The van der Waals surface area contributed by atoms with Crippen LogP contribution < -0.4 is 10.2 Å². The van der Waals surface area contributed by atoms with E-state index >= 15 is 8.78 Å². The van der Waals surface area contributed by atoms with Crippen LogP contribution in [0.3, 0.4) is 0 Å². The molecule has 5 rings (SSSR count). The van der Waals surface area contributed by atoms with Crippen molar-refractivity contribution in [2.24, 2.45) is 5.92 Å². The Morgan fingerprint density at radius 3 is 2.38 bits per heavy atom. The van der Waals surface area contributed by atoms with Crippen LogP contribution in [0.2, 0.25) is 0 Å². The molecule has 4 aliphatic rings. The quantitative estimate of drug-likeness (QED) is 0.561. The fraction of sp³-hybridized carbons (Fsp3) is 0.655. The minimum atomic E-state index is -1.33. The Kier molecular flexibility index (Phi) is 7.52. The van der Waals surface area contributed by atoms with Gasteiger partial charge < -0.3 is 19.4 Å². The van der Waals surface area contributed by atoms with Gasteiger partial charge in [-0.05, 0) is 77.3 Å². The Morgan fingerprint density at radius 2 is 1.75 bits per heavy atom. The molecule has 0 spiro atoms. The van der Waals surface area contributed by atoms with Crippen LogP contribution in [0.1, 0.15) is 81.6 Å². The Labute approximate surface area is 233 Å². The maximum Gasteiger partial charge on any atom is 0.410 e. The molecule has 4 amide bonds. The molecule has 3 saturated heterocycles. The molecular formula is C29H38F2N4O5. The molecule has 3 fully saturated rings. The van der Waals surface area contributed by atoms with E-state index in [4.69, 9.17) is 4.74 Å². The molecular weight excluding hydrogens is 522 g/mol. The Balaban J connectivity index is 1.16. The SMILES string of the molecule is CC(C)(C)OC(=O)N1CCC(F)(CC2CCN(c3ccc4c(c3F)CN(C3CCC(=O)NC3=O)C4=O)CC2)CC1. The number of piperidine rings is 3. The van der Waals surface area contributed by atoms with Crippen molar-refractivity contribution in [3.05, 3.63) is 29.1 Å². The topological polar surface area (TPSA) is 99.3 Å². The van der Waals surface area contributed by atoms with Gasteiger partial charge in [-0.1, -0.05) is 0 Å². The largest absolute Gasteiger partial charge is 0.444 e. The maximum atomic E-state index is 15.7. The number of fused-ring (bicyclic) bond motifs is 1. The molecule has 0 aromatic heterocycles. The summed E-state index contributed by atoms with van der Waals surface area (Å²) in [5.41, 5.74) is -0.984. The van der Waals surface area contributed by atoms with Crippen LogP contribution in [-0.2, 0) is 20.9 Å². The second-order valence-corrected chi connectivity index (χ2v) is 12.6. The predicted octanol–water partition coefficient (Wildman–Crippen LogP) is 3.93. The molecule has 0 aliphatic carbocycles. The highest BCUT2D eigenvalue weighted by molar-refractivity contribution is 6.05. The summed E-state index contributed by atoms with van der Waals surface area (Å²) in [5, 5.41) is 2.26. The lowest BCUT2D eigenvalue weighted by Crippen LogP contribution is -2.52. The molecule has 9 nitrogen and oxygen atoms in total. The predicted molar refractivity (Wildman–Crippen MR) is 143 cm³/mol. The standard InChI is InChI=1S/C29H38F2N4O5/c1-28(2,3)40-27(39)34-14-10-29(31,11-15-34)16-18-8-12-33(13-9-18)21-5-4-19-20(24(21)30)17-35(26(19)38)22-6-7-23(36)32-25(22)37/h4-5,18,22H,6-17H2,1-3H3,(H,32,36,37). The Morgan fingerprint density at radius 1 is 1.07 bits per heavy atom. The van der Waals surface area contributed by atoms with E-state index in [-0.39, 0.29) is 55.2 Å². The lowest BCUT2D eigenvalue weighted by molar-refractivity contribution is -0.136. The van der Waals surface area contributed by atoms with Crippen LogP contribution in [0.15, 0.2) is 12.1 Å². The van der Waals surface area contributed by atoms with E-state index in [9.17, 15) is 19.2 Å². The van der Waals surface area contributed by atoms with Gasteiger partial charge in [0.15, 0.2) is 5.82 Å². The summed E-state index contributed by atoms with van der Waals surface area (Å²) < 4.78 is 36.8. The van der Waals surface area contributed by atoms with Gasteiger partial charge in [-0.25, -0.2) is 13.6 Å². The average molecular weight is 561 g/mol. The molecule has 0 radical (unpaired) electrons. The van der Waals surface area contributed by atoms with Crippen LogP contribution >= 0.6 is 0 Å². The molecule has 1 atom stereocenters. The van der Waals surface area contributed by atoms with Gasteiger partial charge in [0, 0.05) is 43.7 Å². The monoisotopic (exact) mass is 560 g/mol. The molecule has 4 heterocycles. The highest BCUT2D eigenvalue weighted by atomic mass is 19.1. The number of hydrogen-bond donors (Lipinski definition) is 1. The van der Waals surface area contributed by atoms with Crippen molar-refractivity contribution in [1.82, 2.24) is 15.1 Å². The number of hydrogen-bond acceptors (Lipinski definition) is 6. The molecule has 1 aromatic rings. The minimum Gasteiger partial charge on any atom is -0.444 e. The first-order valence-electron chi connectivity index (χ1n) is 14.2. The number of ether oxygens (including phenoxy) is 1. The van der Waals surface area contributed by atoms with Crippen LogP contribution in [-0.4, -0.2) is 77.1 Å². The number of rotatable bonds is 4. The van der Waals surface area contributed by atoms with Crippen molar-refractivity contribution in [1.29, 1.82) is 0 Å². The van der Waals surface area contributed by atoms with Crippen molar-refractivity contribution < 1.29 is 32.7 Å². The minimum absolute atomic E-state index is 0.0126. The Bertz CT molecular complexity index is 1200. The zero-order valence-electron chi connectivity index (χ0n) is 23.4. The van der Waals surface area contributed by atoms with E-state index in [1.807, 2.05) is 25.7 Å². The average Bonchev–Trinajstić information content (AvgIpc) is 3.21. The summed E-state index contributed by atoms with van der Waals surface area (Å²) in [6.07, 6.45) is 2.39. The molecule has 40 heavy (non-hydrogen) atoms. The Hall–Kier alpha value is -3.24.